The number of benzene rings is 1. The number of quaternary nitrogens is 1. The van der Waals surface area contributed by atoms with Gasteiger partial charge in [0.25, 0.3) is 0 Å². The lowest BCUT2D eigenvalue weighted by molar-refractivity contribution is -0.922. The van der Waals surface area contributed by atoms with Crippen LogP contribution in [-0.4, -0.2) is 47.3 Å². The van der Waals surface area contributed by atoms with Crippen molar-refractivity contribution in [3.63, 3.8) is 0 Å². The molecule has 1 aromatic carbocycles. The minimum absolute atomic E-state index is 0.000284. The average molecular weight is 300 g/mol. The molecule has 5 nitrogen and oxygen atoms in total. The molecule has 2 unspecified atom stereocenters. The third-order valence-electron chi connectivity index (χ3n) is 6.29. The average Bonchev–Trinajstić information content (AvgIpc) is 2.85. The number of carbonyl (C=O) groups excluding carboxylic acids is 1. The fourth-order valence-electron chi connectivity index (χ4n) is 5.27. The van der Waals surface area contributed by atoms with E-state index in [0.29, 0.717) is 12.2 Å². The number of nitrogens with one attached hydrogen (secondary N) is 1. The van der Waals surface area contributed by atoms with Crippen molar-refractivity contribution in [2.45, 2.75) is 36.0 Å². The third kappa shape index (κ3) is 1.08. The Balaban J connectivity index is 1.91. The van der Waals surface area contributed by atoms with Gasteiger partial charge in [-0.1, -0.05) is 6.07 Å². The van der Waals surface area contributed by atoms with Crippen molar-refractivity contribution in [1.82, 2.24) is 0 Å². The molecule has 114 valence electrons. The zero-order valence-corrected chi connectivity index (χ0v) is 12.3. The lowest BCUT2D eigenvalue weighted by Gasteiger charge is -2.57. The van der Waals surface area contributed by atoms with E-state index in [4.69, 9.17) is 4.74 Å². The molecular formula is C17H18NO4+. The highest BCUT2D eigenvalue weighted by atomic mass is 16.5. The standard InChI is InChI=1S/C17H17NO4/c1-18-7-6-16-13-9-2-3-10(19)14(13)22-15(16)11(20)4-5-17(16,21)12(18)8-9/h2-5,12,15,19,21H,6-8H2,1H3/p+1/t12-,15?,16+,17-/m1/s1. The Bertz CT molecular complexity index is 757. The highest BCUT2D eigenvalue weighted by Crippen LogP contribution is 2.61. The van der Waals surface area contributed by atoms with Gasteiger partial charge in [-0.15, -0.1) is 0 Å². The first-order valence-electron chi connectivity index (χ1n) is 7.79. The van der Waals surface area contributed by atoms with Gasteiger partial charge in [0.1, 0.15) is 11.6 Å². The molecule has 5 heteroatoms. The van der Waals surface area contributed by atoms with E-state index in [9.17, 15) is 15.0 Å². The number of likely N-dealkylation sites (tertiary alicyclic amines) is 1. The van der Waals surface area contributed by atoms with Gasteiger partial charge in [-0.2, -0.15) is 0 Å². The van der Waals surface area contributed by atoms with Crippen molar-refractivity contribution < 1.29 is 24.6 Å². The molecule has 22 heavy (non-hydrogen) atoms. The number of carbonyl (C=O) groups is 1. The maximum absolute atomic E-state index is 12.4. The van der Waals surface area contributed by atoms with Crippen molar-refractivity contribution in [2.24, 2.45) is 0 Å². The smallest absolute Gasteiger partial charge is 0.197 e. The number of aromatic hydroxyl groups is 1. The van der Waals surface area contributed by atoms with Crippen molar-refractivity contribution in [2.75, 3.05) is 13.6 Å². The number of hydrogen-bond acceptors (Lipinski definition) is 4. The van der Waals surface area contributed by atoms with E-state index in [-0.39, 0.29) is 17.6 Å². The van der Waals surface area contributed by atoms with E-state index >= 15 is 0 Å². The second-order valence-corrected chi connectivity index (χ2v) is 7.08. The van der Waals surface area contributed by atoms with E-state index in [1.54, 1.807) is 12.1 Å². The predicted molar refractivity (Wildman–Crippen MR) is 77.2 cm³/mol. The lowest BCUT2D eigenvalue weighted by atomic mass is 9.51. The fraction of sp³-hybridized carbons (Fsp3) is 0.471. The number of hydrogen-bond donors (Lipinski definition) is 3. The Hall–Kier alpha value is -1.85. The monoisotopic (exact) mass is 300 g/mol. The number of aliphatic hydroxyl groups is 1. The third-order valence-corrected chi connectivity index (χ3v) is 6.29. The van der Waals surface area contributed by atoms with Crippen molar-refractivity contribution in [1.29, 1.82) is 0 Å². The molecule has 2 aliphatic carbocycles. The SMILES string of the molecule is C[NH+]1CC[C@]23c4c5ccc(O)c4OC2C(=O)C=C[C@@]3(O)[C@H]1C5. The number of ether oxygens (including phenoxy) is 1. The number of piperidine rings is 1. The summed E-state index contributed by atoms with van der Waals surface area (Å²) in [7, 11) is 2.09. The van der Waals surface area contributed by atoms with Crippen LogP contribution in [0.4, 0.5) is 0 Å². The van der Waals surface area contributed by atoms with Crippen LogP contribution in [0.15, 0.2) is 24.3 Å². The van der Waals surface area contributed by atoms with Crippen molar-refractivity contribution >= 4 is 5.78 Å². The summed E-state index contributed by atoms with van der Waals surface area (Å²) >= 11 is 0. The molecule has 2 bridgehead atoms. The zero-order valence-electron chi connectivity index (χ0n) is 12.3. The van der Waals surface area contributed by atoms with Crippen LogP contribution in [0.25, 0.3) is 0 Å². The molecule has 0 radical (unpaired) electrons. The summed E-state index contributed by atoms with van der Waals surface area (Å²) in [5, 5.41) is 21.8. The van der Waals surface area contributed by atoms with E-state index in [1.807, 2.05) is 6.07 Å². The van der Waals surface area contributed by atoms with Gasteiger partial charge in [0.15, 0.2) is 23.4 Å². The number of phenolic OH excluding ortho intramolecular Hbond substituents is 1. The quantitative estimate of drug-likeness (QED) is 0.581. The van der Waals surface area contributed by atoms with E-state index < -0.39 is 17.1 Å². The summed E-state index contributed by atoms with van der Waals surface area (Å²) in [6, 6.07) is 3.55. The zero-order chi connectivity index (χ0) is 15.3. The van der Waals surface area contributed by atoms with Gasteiger partial charge in [-0.25, -0.2) is 0 Å². The molecule has 4 aliphatic rings. The Morgan fingerprint density at radius 3 is 3.05 bits per heavy atom. The molecule has 0 saturated carbocycles. The van der Waals surface area contributed by atoms with Crippen LogP contribution >= 0.6 is 0 Å². The first kappa shape index (κ1) is 12.7. The van der Waals surface area contributed by atoms with Crippen LogP contribution in [0, 0.1) is 0 Å². The molecule has 0 aromatic heterocycles. The topological polar surface area (TPSA) is 71.2 Å². The molecule has 0 amide bonds. The van der Waals surface area contributed by atoms with Crippen LogP contribution in [0.1, 0.15) is 17.5 Å². The van der Waals surface area contributed by atoms with Gasteiger partial charge in [0.05, 0.1) is 19.0 Å². The Labute approximate surface area is 127 Å². The molecule has 3 N–H and O–H groups in total. The van der Waals surface area contributed by atoms with Gasteiger partial charge < -0.3 is 19.8 Å². The van der Waals surface area contributed by atoms with Gasteiger partial charge >= 0.3 is 0 Å². The van der Waals surface area contributed by atoms with Crippen LogP contribution < -0.4 is 9.64 Å². The summed E-state index contributed by atoms with van der Waals surface area (Å²) in [6.07, 6.45) is 3.82. The molecule has 1 fully saturated rings. The van der Waals surface area contributed by atoms with Gasteiger partial charge in [0, 0.05) is 18.4 Å². The highest BCUT2D eigenvalue weighted by molar-refractivity contribution is 5.98. The van der Waals surface area contributed by atoms with Crippen LogP contribution in [0.3, 0.4) is 0 Å². The molecule has 1 saturated heterocycles. The van der Waals surface area contributed by atoms with Gasteiger partial charge in [0.2, 0.25) is 0 Å². The summed E-state index contributed by atoms with van der Waals surface area (Å²) in [5.74, 6) is 0.338. The maximum Gasteiger partial charge on any atom is 0.197 e. The first-order valence-corrected chi connectivity index (χ1v) is 7.79. The highest BCUT2D eigenvalue weighted by Gasteiger charge is 2.73. The summed E-state index contributed by atoms with van der Waals surface area (Å²) in [4.78, 5) is 13.7. The Kier molecular flexibility index (Phi) is 2.04. The van der Waals surface area contributed by atoms with Crippen molar-refractivity contribution in [3.8, 4) is 11.5 Å². The summed E-state index contributed by atoms with van der Waals surface area (Å²) in [5.41, 5.74) is 0.110. The van der Waals surface area contributed by atoms with Crippen LogP contribution in [0.5, 0.6) is 11.5 Å². The molecule has 5 atom stereocenters. The molecule has 2 aliphatic heterocycles. The second kappa shape index (κ2) is 3.55. The molecule has 2 heterocycles. The largest absolute Gasteiger partial charge is 0.504 e. The van der Waals surface area contributed by atoms with E-state index in [1.165, 1.54) is 11.0 Å². The maximum atomic E-state index is 12.4. The number of phenols is 1. The van der Waals surface area contributed by atoms with Crippen molar-refractivity contribution in [3.05, 3.63) is 35.4 Å². The normalized spacial score (nSPS) is 43.7. The van der Waals surface area contributed by atoms with Gasteiger partial charge in [-0.3, -0.25) is 4.79 Å². The first-order chi connectivity index (χ1) is 10.5. The molecule has 1 aromatic rings. The van der Waals surface area contributed by atoms with E-state index in [0.717, 1.165) is 24.1 Å². The van der Waals surface area contributed by atoms with Gasteiger partial charge in [-0.05, 0) is 23.8 Å². The molecule has 5 rings (SSSR count). The second-order valence-electron chi connectivity index (χ2n) is 7.08. The Morgan fingerprint density at radius 2 is 2.23 bits per heavy atom. The van der Waals surface area contributed by atoms with E-state index in [2.05, 4.69) is 7.05 Å². The summed E-state index contributed by atoms with van der Waals surface area (Å²) < 4.78 is 5.90. The Morgan fingerprint density at radius 1 is 1.41 bits per heavy atom. The number of likely N-dealkylation sites (N-methyl/N-ethyl adjacent to an activating group) is 1. The lowest BCUT2D eigenvalue weighted by Crippen LogP contribution is -3.19. The molecular weight excluding hydrogens is 282 g/mol. The summed E-state index contributed by atoms with van der Waals surface area (Å²) in [6.45, 7) is 0.877. The minimum Gasteiger partial charge on any atom is -0.504 e. The molecule has 1 spiro atoms. The number of rotatable bonds is 0. The minimum atomic E-state index is -1.10. The fourth-order valence-corrected chi connectivity index (χ4v) is 5.27. The van der Waals surface area contributed by atoms with Crippen LogP contribution in [0.2, 0.25) is 0 Å². The van der Waals surface area contributed by atoms with Crippen LogP contribution in [-0.2, 0) is 16.6 Å². The predicted octanol–water partition coefficient (Wildman–Crippen LogP) is -0.896. The number of ketones is 1.